The maximum Gasteiger partial charge on any atom is 0.241 e. The number of hydrazine groups is 1. The molecule has 2 aromatic carbocycles. The number of nitrogens with one attached hydrogen (secondary N) is 2. The molecule has 29 heavy (non-hydrogen) atoms. The van der Waals surface area contributed by atoms with Gasteiger partial charge in [-0.1, -0.05) is 24.3 Å². The predicted octanol–water partition coefficient (Wildman–Crippen LogP) is 3.00. The first-order valence-corrected chi connectivity index (χ1v) is 11.0. The SMILES string of the molecule is CC(C)Oc1ccc(-c2ccc(S(=O)(=O)NC(C)(C)C3=NN(C)NC3)cc2)cc1. The van der Waals surface area contributed by atoms with E-state index in [1.54, 1.807) is 38.1 Å². The molecule has 1 aliphatic heterocycles. The molecule has 0 bridgehead atoms. The van der Waals surface area contributed by atoms with E-state index in [1.165, 1.54) is 0 Å². The number of hydrogen-bond donors (Lipinski definition) is 2. The lowest BCUT2D eigenvalue weighted by molar-refractivity contribution is 0.242. The second-order valence-electron chi connectivity index (χ2n) is 7.85. The van der Waals surface area contributed by atoms with E-state index in [2.05, 4.69) is 15.2 Å². The summed E-state index contributed by atoms with van der Waals surface area (Å²) < 4.78 is 34.1. The van der Waals surface area contributed by atoms with Gasteiger partial charge in [0.2, 0.25) is 10.0 Å². The van der Waals surface area contributed by atoms with Crippen LogP contribution in [0, 0.1) is 0 Å². The van der Waals surface area contributed by atoms with Gasteiger partial charge in [-0.15, -0.1) is 0 Å². The van der Waals surface area contributed by atoms with E-state index in [4.69, 9.17) is 4.74 Å². The van der Waals surface area contributed by atoms with Crippen molar-refractivity contribution < 1.29 is 13.2 Å². The standard InChI is InChI=1S/C21H28N4O3S/c1-15(2)28-18-10-6-16(7-11-18)17-8-12-19(13-9-17)29(26,27)24-21(3,4)20-14-22-25(5)23-20/h6-13,15,22,24H,14H2,1-5H3. The number of rotatable bonds is 7. The molecule has 1 heterocycles. The molecule has 8 heteroatoms. The maximum absolute atomic E-state index is 12.9. The molecule has 0 unspecified atom stereocenters. The zero-order chi connectivity index (χ0) is 21.2. The lowest BCUT2D eigenvalue weighted by atomic mass is 10.0. The van der Waals surface area contributed by atoms with Crippen molar-refractivity contribution in [3.8, 4) is 16.9 Å². The molecule has 1 aliphatic rings. The third kappa shape index (κ3) is 5.14. The van der Waals surface area contributed by atoms with E-state index in [0.29, 0.717) is 6.54 Å². The van der Waals surface area contributed by atoms with Crippen LogP contribution >= 0.6 is 0 Å². The first kappa shape index (κ1) is 21.3. The minimum absolute atomic E-state index is 0.119. The minimum Gasteiger partial charge on any atom is -0.491 e. The molecular weight excluding hydrogens is 388 g/mol. The van der Waals surface area contributed by atoms with Gasteiger partial charge in [0.05, 0.1) is 28.8 Å². The second-order valence-corrected chi connectivity index (χ2v) is 9.53. The van der Waals surface area contributed by atoms with Gasteiger partial charge in [-0.2, -0.15) is 9.82 Å². The average Bonchev–Trinajstić information content (AvgIpc) is 3.09. The van der Waals surface area contributed by atoms with Gasteiger partial charge in [0.25, 0.3) is 0 Å². The summed E-state index contributed by atoms with van der Waals surface area (Å²) in [6, 6.07) is 14.6. The van der Waals surface area contributed by atoms with Crippen LogP contribution in [0.25, 0.3) is 11.1 Å². The largest absolute Gasteiger partial charge is 0.491 e. The first-order chi connectivity index (χ1) is 13.6. The van der Waals surface area contributed by atoms with Crippen molar-refractivity contribution in [3.05, 3.63) is 48.5 Å². The Morgan fingerprint density at radius 2 is 1.62 bits per heavy atom. The van der Waals surface area contributed by atoms with Gasteiger partial charge in [0.15, 0.2) is 0 Å². The van der Waals surface area contributed by atoms with E-state index in [0.717, 1.165) is 22.6 Å². The summed E-state index contributed by atoms with van der Waals surface area (Å²) in [5.41, 5.74) is 4.88. The predicted molar refractivity (Wildman–Crippen MR) is 115 cm³/mol. The Morgan fingerprint density at radius 3 is 2.10 bits per heavy atom. The number of ether oxygens (including phenoxy) is 1. The fourth-order valence-electron chi connectivity index (χ4n) is 3.07. The molecule has 0 aromatic heterocycles. The molecule has 0 radical (unpaired) electrons. The van der Waals surface area contributed by atoms with Crippen molar-refractivity contribution in [2.24, 2.45) is 5.10 Å². The van der Waals surface area contributed by atoms with Crippen LogP contribution in [0.2, 0.25) is 0 Å². The van der Waals surface area contributed by atoms with Crippen LogP contribution in [0.5, 0.6) is 5.75 Å². The molecule has 0 spiro atoms. The summed E-state index contributed by atoms with van der Waals surface area (Å²) in [7, 11) is -1.91. The Balaban J connectivity index is 1.76. The quantitative estimate of drug-likeness (QED) is 0.725. The van der Waals surface area contributed by atoms with Crippen molar-refractivity contribution in [1.82, 2.24) is 15.3 Å². The van der Waals surface area contributed by atoms with Gasteiger partial charge in [-0.3, -0.25) is 0 Å². The summed E-state index contributed by atoms with van der Waals surface area (Å²) in [5.74, 6) is 0.810. The monoisotopic (exact) mass is 416 g/mol. The van der Waals surface area contributed by atoms with Crippen LogP contribution in [0.15, 0.2) is 58.5 Å². The summed E-state index contributed by atoms with van der Waals surface area (Å²) in [6.07, 6.45) is 0.119. The molecule has 0 fully saturated rings. The summed E-state index contributed by atoms with van der Waals surface area (Å²) in [5, 5.41) is 5.90. The molecule has 7 nitrogen and oxygen atoms in total. The van der Waals surface area contributed by atoms with Crippen molar-refractivity contribution in [2.75, 3.05) is 13.6 Å². The molecule has 3 rings (SSSR count). The summed E-state index contributed by atoms with van der Waals surface area (Å²) in [6.45, 7) is 8.08. The zero-order valence-corrected chi connectivity index (χ0v) is 18.2. The molecule has 0 aliphatic carbocycles. The highest BCUT2D eigenvalue weighted by atomic mass is 32.2. The third-order valence-electron chi connectivity index (χ3n) is 4.58. The minimum atomic E-state index is -3.69. The van der Waals surface area contributed by atoms with E-state index < -0.39 is 15.6 Å². The van der Waals surface area contributed by atoms with Gasteiger partial charge in [0, 0.05) is 7.05 Å². The van der Waals surface area contributed by atoms with Crippen LogP contribution in [-0.2, 0) is 10.0 Å². The smallest absolute Gasteiger partial charge is 0.241 e. The molecular formula is C21H28N4O3S. The number of hydrogen-bond acceptors (Lipinski definition) is 6. The fraction of sp³-hybridized carbons (Fsp3) is 0.381. The normalized spacial score (nSPS) is 15.0. The number of benzene rings is 2. The van der Waals surface area contributed by atoms with Crippen molar-refractivity contribution >= 4 is 15.7 Å². The number of nitrogens with zero attached hydrogens (tertiary/aromatic N) is 2. The molecule has 0 saturated heterocycles. The Hall–Kier alpha value is -2.42. The number of hydrazone groups is 1. The van der Waals surface area contributed by atoms with E-state index in [-0.39, 0.29) is 11.0 Å². The Bertz CT molecular complexity index is 982. The van der Waals surface area contributed by atoms with Crippen molar-refractivity contribution in [3.63, 3.8) is 0 Å². The maximum atomic E-state index is 12.9. The van der Waals surface area contributed by atoms with Crippen LogP contribution in [0.3, 0.4) is 0 Å². The number of sulfonamides is 1. The Kier molecular flexibility index (Phi) is 5.97. The zero-order valence-electron chi connectivity index (χ0n) is 17.4. The van der Waals surface area contributed by atoms with Crippen LogP contribution in [0.4, 0.5) is 0 Å². The van der Waals surface area contributed by atoms with E-state index in [9.17, 15) is 8.42 Å². The van der Waals surface area contributed by atoms with E-state index >= 15 is 0 Å². The topological polar surface area (TPSA) is 83.0 Å². The highest BCUT2D eigenvalue weighted by Crippen LogP contribution is 2.25. The van der Waals surface area contributed by atoms with Crippen LogP contribution < -0.4 is 14.9 Å². The summed E-state index contributed by atoms with van der Waals surface area (Å²) >= 11 is 0. The van der Waals surface area contributed by atoms with Crippen molar-refractivity contribution in [1.29, 1.82) is 0 Å². The highest BCUT2D eigenvalue weighted by molar-refractivity contribution is 7.89. The Morgan fingerprint density at radius 1 is 1.07 bits per heavy atom. The van der Waals surface area contributed by atoms with Gasteiger partial charge in [-0.05, 0) is 63.1 Å². The van der Waals surface area contributed by atoms with Gasteiger partial charge in [0.1, 0.15) is 5.75 Å². The van der Waals surface area contributed by atoms with Crippen LogP contribution in [-0.4, -0.2) is 44.5 Å². The fourth-order valence-corrected chi connectivity index (χ4v) is 4.47. The lowest BCUT2D eigenvalue weighted by Gasteiger charge is -2.25. The second kappa shape index (κ2) is 8.14. The molecule has 0 atom stereocenters. The lowest BCUT2D eigenvalue weighted by Crippen LogP contribution is -2.50. The molecule has 156 valence electrons. The molecule has 2 N–H and O–H groups in total. The molecule has 0 saturated carbocycles. The molecule has 2 aromatic rings. The van der Waals surface area contributed by atoms with Gasteiger partial charge < -0.3 is 4.74 Å². The summed E-state index contributed by atoms with van der Waals surface area (Å²) in [4.78, 5) is 0.217. The third-order valence-corrected chi connectivity index (χ3v) is 6.25. The highest BCUT2D eigenvalue weighted by Gasteiger charge is 2.33. The van der Waals surface area contributed by atoms with Crippen LogP contribution in [0.1, 0.15) is 27.7 Å². The Labute approximate surface area is 172 Å². The first-order valence-electron chi connectivity index (χ1n) is 9.53. The molecule has 0 amide bonds. The van der Waals surface area contributed by atoms with Gasteiger partial charge in [-0.25, -0.2) is 19.0 Å². The average molecular weight is 417 g/mol. The van der Waals surface area contributed by atoms with Gasteiger partial charge >= 0.3 is 0 Å². The van der Waals surface area contributed by atoms with E-state index in [1.807, 2.05) is 50.2 Å². The van der Waals surface area contributed by atoms with Crippen molar-refractivity contribution in [2.45, 2.75) is 44.2 Å².